The Morgan fingerprint density at radius 2 is 1.88 bits per heavy atom. The number of anilines is 1. The molecule has 140 valence electrons. The number of aliphatic hydroxyl groups excluding tert-OH is 1. The van der Waals surface area contributed by atoms with Crippen molar-refractivity contribution in [2.75, 3.05) is 10.5 Å². The van der Waals surface area contributed by atoms with Gasteiger partial charge in [-0.2, -0.15) is 0 Å². The standard InChI is InChI=1S/C18H20F2N2O3S/c1-11(6-12-7-13(19)9-14(20)8-12)18(23)21-17-10-26(24,25)22-16-5-3-2-4-15(16)17/h2-5,7-9,11,17-18,21-23H,6,10H2,1H3/t11-,17?,18-/m0/s1. The largest absolute Gasteiger partial charge is 0.378 e. The fourth-order valence-electron chi connectivity index (χ4n) is 3.13. The molecule has 1 aliphatic heterocycles. The Morgan fingerprint density at radius 3 is 2.58 bits per heavy atom. The van der Waals surface area contributed by atoms with Crippen LogP contribution in [0, 0.1) is 17.6 Å². The molecule has 5 nitrogen and oxygen atoms in total. The lowest BCUT2D eigenvalue weighted by Crippen LogP contribution is -2.43. The number of hydrogen-bond acceptors (Lipinski definition) is 4. The normalized spacial score (nSPS) is 20.7. The lowest BCUT2D eigenvalue weighted by molar-refractivity contribution is 0.0724. The molecule has 0 bridgehead atoms. The van der Waals surface area contributed by atoms with E-state index in [1.165, 1.54) is 12.1 Å². The third-order valence-corrected chi connectivity index (χ3v) is 5.68. The van der Waals surface area contributed by atoms with Gasteiger partial charge < -0.3 is 5.11 Å². The first kappa shape index (κ1) is 18.8. The summed E-state index contributed by atoms with van der Waals surface area (Å²) in [6.45, 7) is 1.72. The van der Waals surface area contributed by atoms with Crippen molar-refractivity contribution in [3.63, 3.8) is 0 Å². The summed E-state index contributed by atoms with van der Waals surface area (Å²) >= 11 is 0. The van der Waals surface area contributed by atoms with Crippen molar-refractivity contribution >= 4 is 15.7 Å². The quantitative estimate of drug-likeness (QED) is 0.695. The maximum Gasteiger partial charge on any atom is 0.234 e. The first-order valence-corrected chi connectivity index (χ1v) is 9.87. The Bertz CT molecular complexity index is 885. The van der Waals surface area contributed by atoms with E-state index in [1.54, 1.807) is 31.2 Å². The van der Waals surface area contributed by atoms with Crippen LogP contribution >= 0.6 is 0 Å². The van der Waals surface area contributed by atoms with Crippen molar-refractivity contribution in [2.45, 2.75) is 25.6 Å². The van der Waals surface area contributed by atoms with Crippen LogP contribution in [0.3, 0.4) is 0 Å². The molecule has 0 amide bonds. The highest BCUT2D eigenvalue weighted by Crippen LogP contribution is 2.30. The van der Waals surface area contributed by atoms with Crippen molar-refractivity contribution in [3.8, 4) is 0 Å². The topological polar surface area (TPSA) is 78.4 Å². The van der Waals surface area contributed by atoms with Crippen LogP contribution in [0.5, 0.6) is 0 Å². The van der Waals surface area contributed by atoms with Gasteiger partial charge in [0.2, 0.25) is 10.0 Å². The molecule has 0 fully saturated rings. The van der Waals surface area contributed by atoms with Crippen LogP contribution in [0.25, 0.3) is 0 Å². The number of aliphatic hydroxyl groups is 1. The number of sulfonamides is 1. The van der Waals surface area contributed by atoms with Crippen molar-refractivity contribution in [1.82, 2.24) is 5.32 Å². The van der Waals surface area contributed by atoms with Crippen molar-refractivity contribution < 1.29 is 22.3 Å². The van der Waals surface area contributed by atoms with Gasteiger partial charge in [-0.15, -0.1) is 0 Å². The molecule has 0 spiro atoms. The van der Waals surface area contributed by atoms with E-state index in [1.807, 2.05) is 0 Å². The Labute approximate surface area is 151 Å². The lowest BCUT2D eigenvalue weighted by atomic mass is 9.98. The van der Waals surface area contributed by atoms with E-state index in [0.29, 0.717) is 11.3 Å². The van der Waals surface area contributed by atoms with Crippen LogP contribution in [0.4, 0.5) is 14.5 Å². The van der Waals surface area contributed by atoms with Crippen molar-refractivity contribution in [2.24, 2.45) is 5.92 Å². The first-order chi connectivity index (χ1) is 12.2. The summed E-state index contributed by atoms with van der Waals surface area (Å²) in [6.07, 6.45) is -0.810. The van der Waals surface area contributed by atoms with Gasteiger partial charge >= 0.3 is 0 Å². The Balaban J connectivity index is 1.73. The molecule has 8 heteroatoms. The summed E-state index contributed by atoms with van der Waals surface area (Å²) in [5.41, 5.74) is 1.64. The number of halogens is 2. The molecule has 3 rings (SSSR count). The molecule has 2 aromatic carbocycles. The van der Waals surface area contributed by atoms with E-state index in [9.17, 15) is 22.3 Å². The minimum Gasteiger partial charge on any atom is -0.378 e. The molecule has 26 heavy (non-hydrogen) atoms. The molecule has 1 unspecified atom stereocenters. The van der Waals surface area contributed by atoms with E-state index in [-0.39, 0.29) is 18.1 Å². The Hall–Kier alpha value is -2.03. The summed E-state index contributed by atoms with van der Waals surface area (Å²) in [5.74, 6) is -1.94. The second-order valence-corrected chi connectivity index (χ2v) is 8.36. The molecule has 3 atom stereocenters. The van der Waals surface area contributed by atoms with E-state index in [0.717, 1.165) is 11.6 Å². The zero-order valence-electron chi connectivity index (χ0n) is 14.1. The van der Waals surface area contributed by atoms with Crippen LogP contribution in [-0.2, 0) is 16.4 Å². The summed E-state index contributed by atoms with van der Waals surface area (Å²) in [5, 5.41) is 13.4. The molecule has 0 saturated heterocycles. The van der Waals surface area contributed by atoms with Gasteiger partial charge in [0, 0.05) is 6.07 Å². The maximum atomic E-state index is 13.3. The van der Waals surface area contributed by atoms with Crippen LogP contribution in [0.15, 0.2) is 42.5 Å². The Morgan fingerprint density at radius 1 is 1.23 bits per heavy atom. The van der Waals surface area contributed by atoms with Gasteiger partial charge in [0.15, 0.2) is 0 Å². The Kier molecular flexibility index (Phi) is 5.27. The summed E-state index contributed by atoms with van der Waals surface area (Å²) in [4.78, 5) is 0. The summed E-state index contributed by atoms with van der Waals surface area (Å²) < 4.78 is 53.2. The van der Waals surface area contributed by atoms with Crippen LogP contribution < -0.4 is 10.0 Å². The minimum atomic E-state index is -3.51. The molecule has 0 aliphatic carbocycles. The predicted octanol–water partition coefficient (Wildman–Crippen LogP) is 2.55. The number of hydrogen-bond donors (Lipinski definition) is 3. The maximum absolute atomic E-state index is 13.3. The second kappa shape index (κ2) is 7.30. The van der Waals surface area contributed by atoms with E-state index >= 15 is 0 Å². The third-order valence-electron chi connectivity index (χ3n) is 4.38. The third kappa shape index (κ3) is 4.38. The fourth-order valence-corrected chi connectivity index (χ4v) is 4.45. The van der Waals surface area contributed by atoms with Crippen LogP contribution in [0.2, 0.25) is 0 Å². The highest BCUT2D eigenvalue weighted by Gasteiger charge is 2.31. The molecule has 0 aromatic heterocycles. The predicted molar refractivity (Wildman–Crippen MR) is 95.0 cm³/mol. The SMILES string of the molecule is C[C@@H](Cc1cc(F)cc(F)c1)[C@H](O)NC1CS(=O)(=O)Nc2ccccc21. The number of fused-ring (bicyclic) bond motifs is 1. The number of para-hydroxylation sites is 1. The van der Waals surface area contributed by atoms with E-state index in [4.69, 9.17) is 0 Å². The van der Waals surface area contributed by atoms with Gasteiger partial charge in [0.1, 0.15) is 17.9 Å². The molecule has 2 aromatic rings. The average molecular weight is 382 g/mol. The lowest BCUT2D eigenvalue weighted by Gasteiger charge is -2.31. The molecular formula is C18H20F2N2O3S. The molecule has 1 aliphatic rings. The first-order valence-electron chi connectivity index (χ1n) is 8.22. The summed E-state index contributed by atoms with van der Waals surface area (Å²) in [6, 6.07) is 9.60. The zero-order chi connectivity index (χ0) is 18.9. The average Bonchev–Trinajstić information content (AvgIpc) is 2.52. The van der Waals surface area contributed by atoms with Crippen LogP contribution in [-0.4, -0.2) is 25.5 Å². The molecule has 0 radical (unpaired) electrons. The fraction of sp³-hybridized carbons (Fsp3) is 0.333. The molecule has 0 saturated carbocycles. The highest BCUT2D eigenvalue weighted by atomic mass is 32.2. The van der Waals surface area contributed by atoms with E-state index < -0.39 is 33.9 Å². The molecule has 3 N–H and O–H groups in total. The summed E-state index contributed by atoms with van der Waals surface area (Å²) in [7, 11) is -3.51. The highest BCUT2D eigenvalue weighted by molar-refractivity contribution is 7.92. The van der Waals surface area contributed by atoms with Gasteiger partial charge in [-0.1, -0.05) is 25.1 Å². The zero-order valence-corrected chi connectivity index (χ0v) is 14.9. The number of nitrogens with one attached hydrogen (secondary N) is 2. The monoisotopic (exact) mass is 382 g/mol. The molecule has 1 heterocycles. The number of benzene rings is 2. The second-order valence-electron chi connectivity index (χ2n) is 6.59. The van der Waals surface area contributed by atoms with Crippen molar-refractivity contribution in [3.05, 3.63) is 65.2 Å². The minimum absolute atomic E-state index is 0.206. The van der Waals surface area contributed by atoms with Crippen LogP contribution in [0.1, 0.15) is 24.1 Å². The number of rotatable bonds is 5. The molecular weight excluding hydrogens is 362 g/mol. The smallest absolute Gasteiger partial charge is 0.234 e. The van der Waals surface area contributed by atoms with Gasteiger partial charge in [0.05, 0.1) is 17.5 Å². The van der Waals surface area contributed by atoms with Gasteiger partial charge in [-0.3, -0.25) is 10.0 Å². The van der Waals surface area contributed by atoms with E-state index in [2.05, 4.69) is 10.0 Å². The van der Waals surface area contributed by atoms with Gasteiger partial charge in [-0.05, 0) is 41.7 Å². The van der Waals surface area contributed by atoms with Gasteiger partial charge in [0.25, 0.3) is 0 Å². The van der Waals surface area contributed by atoms with Crippen molar-refractivity contribution in [1.29, 1.82) is 0 Å². The van der Waals surface area contributed by atoms with Gasteiger partial charge in [-0.25, -0.2) is 17.2 Å².